The van der Waals surface area contributed by atoms with Crippen LogP contribution in [0.1, 0.15) is 5.82 Å². The zero-order valence-corrected chi connectivity index (χ0v) is 6.36. The van der Waals surface area contributed by atoms with E-state index in [2.05, 4.69) is 15.9 Å². The Balaban J connectivity index is 2.78. The number of nitrogens with zero attached hydrogens (tertiary/aromatic N) is 2. The minimum atomic E-state index is 0.439. The summed E-state index contributed by atoms with van der Waals surface area (Å²) in [4.78, 5) is 8.12. The predicted octanol–water partition coefficient (Wildman–Crippen LogP) is 1.61. The molecule has 0 bridgehead atoms. The summed E-state index contributed by atoms with van der Waals surface area (Å²) in [5.74, 6) is 2.84. The number of para-hydroxylation sites is 1. The molecule has 0 radical (unpaired) electrons. The van der Waals surface area contributed by atoms with Gasteiger partial charge in [0.25, 0.3) is 0 Å². The fourth-order valence-electron chi connectivity index (χ4n) is 1.04. The van der Waals surface area contributed by atoms with Crippen LogP contribution in [0.3, 0.4) is 0 Å². The van der Waals surface area contributed by atoms with Crippen molar-refractivity contribution in [3.8, 4) is 12.3 Å². The van der Waals surface area contributed by atoms with Crippen LogP contribution >= 0.6 is 0 Å². The second kappa shape index (κ2) is 2.63. The maximum Gasteiger partial charge on any atom is 0.205 e. The highest BCUT2D eigenvalue weighted by Crippen LogP contribution is 2.08. The maximum atomic E-state index is 5.17. The van der Waals surface area contributed by atoms with Gasteiger partial charge in [0.15, 0.2) is 0 Å². The van der Waals surface area contributed by atoms with Crippen molar-refractivity contribution in [3.05, 3.63) is 36.3 Å². The van der Waals surface area contributed by atoms with Crippen LogP contribution in [-0.2, 0) is 0 Å². The summed E-state index contributed by atoms with van der Waals surface area (Å²) >= 11 is 0. The largest absolute Gasteiger partial charge is 0.229 e. The van der Waals surface area contributed by atoms with Gasteiger partial charge in [-0.3, -0.25) is 0 Å². The van der Waals surface area contributed by atoms with E-state index >= 15 is 0 Å². The van der Waals surface area contributed by atoms with Crippen LogP contribution in [0, 0.1) is 12.3 Å². The summed E-state index contributed by atoms with van der Waals surface area (Å²) in [7, 11) is 0. The first-order valence-corrected chi connectivity index (χ1v) is 3.58. The average molecular weight is 154 g/mol. The molecule has 0 aliphatic rings. The molecule has 0 spiro atoms. The highest BCUT2D eigenvalue weighted by molar-refractivity contribution is 5.77. The quantitative estimate of drug-likeness (QED) is 0.539. The molecular formula is C10H6N2. The van der Waals surface area contributed by atoms with E-state index in [0.717, 1.165) is 10.9 Å². The fraction of sp³-hybridized carbons (Fsp3) is 0. The molecule has 0 atom stereocenters. The number of fused-ring (bicyclic) bond motifs is 1. The molecule has 2 heteroatoms. The third-order valence-electron chi connectivity index (χ3n) is 1.62. The lowest BCUT2D eigenvalue weighted by atomic mass is 10.2. The molecule has 1 aromatic carbocycles. The minimum Gasteiger partial charge on any atom is -0.229 e. The number of benzene rings is 1. The van der Waals surface area contributed by atoms with Gasteiger partial charge >= 0.3 is 0 Å². The molecule has 2 aromatic rings. The molecule has 0 aliphatic heterocycles. The van der Waals surface area contributed by atoms with E-state index in [-0.39, 0.29) is 0 Å². The summed E-state index contributed by atoms with van der Waals surface area (Å²) in [5, 5.41) is 1.01. The van der Waals surface area contributed by atoms with Crippen molar-refractivity contribution in [2.45, 2.75) is 0 Å². The molecule has 0 fully saturated rings. The molecule has 0 saturated heterocycles. The van der Waals surface area contributed by atoms with Crippen molar-refractivity contribution in [3.63, 3.8) is 0 Å². The van der Waals surface area contributed by atoms with E-state index in [0.29, 0.717) is 5.82 Å². The summed E-state index contributed by atoms with van der Waals surface area (Å²) < 4.78 is 0. The van der Waals surface area contributed by atoms with E-state index in [4.69, 9.17) is 6.42 Å². The molecule has 12 heavy (non-hydrogen) atoms. The van der Waals surface area contributed by atoms with Gasteiger partial charge in [-0.15, -0.1) is 6.42 Å². The van der Waals surface area contributed by atoms with Gasteiger partial charge < -0.3 is 0 Å². The maximum absolute atomic E-state index is 5.17. The molecule has 0 saturated carbocycles. The number of aromatic nitrogens is 2. The number of hydrogen-bond donors (Lipinski definition) is 0. The van der Waals surface area contributed by atoms with E-state index in [9.17, 15) is 0 Å². The summed E-state index contributed by atoms with van der Waals surface area (Å²) in [6.45, 7) is 0. The molecule has 0 N–H and O–H groups in total. The summed E-state index contributed by atoms with van der Waals surface area (Å²) in [6.07, 6.45) is 6.90. The molecule has 56 valence electrons. The first-order valence-electron chi connectivity index (χ1n) is 3.58. The molecule has 0 aliphatic carbocycles. The van der Waals surface area contributed by atoms with Gasteiger partial charge in [-0.25, -0.2) is 9.97 Å². The summed E-state index contributed by atoms with van der Waals surface area (Å²) in [5.41, 5.74) is 0.889. The standard InChI is InChI=1S/C10H6N2/c1-2-10-11-7-8-5-3-4-6-9(8)12-10/h1,3-7H. The molecular weight excluding hydrogens is 148 g/mol. The van der Waals surface area contributed by atoms with Crippen molar-refractivity contribution in [1.29, 1.82) is 0 Å². The lowest BCUT2D eigenvalue weighted by molar-refractivity contribution is 1.18. The van der Waals surface area contributed by atoms with Gasteiger partial charge in [0.2, 0.25) is 5.82 Å². The molecule has 1 heterocycles. The van der Waals surface area contributed by atoms with Gasteiger partial charge in [0.05, 0.1) is 5.52 Å². The third-order valence-corrected chi connectivity index (χ3v) is 1.62. The van der Waals surface area contributed by atoms with Crippen LogP contribution in [0.2, 0.25) is 0 Å². The van der Waals surface area contributed by atoms with E-state index in [1.165, 1.54) is 0 Å². The minimum absolute atomic E-state index is 0.439. The lowest BCUT2D eigenvalue weighted by Gasteiger charge is -1.94. The monoisotopic (exact) mass is 154 g/mol. The fourth-order valence-corrected chi connectivity index (χ4v) is 1.04. The Morgan fingerprint density at radius 1 is 1.25 bits per heavy atom. The molecule has 1 aromatic heterocycles. The normalized spacial score (nSPS) is 9.58. The number of terminal acetylenes is 1. The first-order chi connectivity index (χ1) is 5.90. The van der Waals surface area contributed by atoms with Crippen LogP contribution in [0.15, 0.2) is 30.5 Å². The zero-order valence-electron chi connectivity index (χ0n) is 6.36. The second-order valence-corrected chi connectivity index (χ2v) is 2.40. The van der Waals surface area contributed by atoms with Crippen LogP contribution in [0.4, 0.5) is 0 Å². The van der Waals surface area contributed by atoms with E-state index in [1.54, 1.807) is 6.20 Å². The van der Waals surface area contributed by atoms with Crippen LogP contribution in [0.25, 0.3) is 10.9 Å². The Morgan fingerprint density at radius 2 is 2.08 bits per heavy atom. The Morgan fingerprint density at radius 3 is 2.92 bits per heavy atom. The van der Waals surface area contributed by atoms with Crippen molar-refractivity contribution >= 4 is 10.9 Å². The van der Waals surface area contributed by atoms with Crippen molar-refractivity contribution in [2.75, 3.05) is 0 Å². The molecule has 2 rings (SSSR count). The van der Waals surface area contributed by atoms with Crippen LogP contribution < -0.4 is 0 Å². The Hall–Kier alpha value is -1.88. The highest BCUT2D eigenvalue weighted by Gasteiger charge is 1.94. The van der Waals surface area contributed by atoms with E-state index < -0.39 is 0 Å². The van der Waals surface area contributed by atoms with Crippen molar-refractivity contribution < 1.29 is 0 Å². The zero-order chi connectivity index (χ0) is 8.39. The van der Waals surface area contributed by atoms with Gasteiger partial charge in [-0.1, -0.05) is 18.2 Å². The topological polar surface area (TPSA) is 25.8 Å². The average Bonchev–Trinajstić information content (AvgIpc) is 2.17. The first kappa shape index (κ1) is 6.81. The summed E-state index contributed by atoms with van der Waals surface area (Å²) in [6, 6.07) is 7.74. The lowest BCUT2D eigenvalue weighted by Crippen LogP contribution is -1.87. The number of rotatable bonds is 0. The van der Waals surface area contributed by atoms with Crippen LogP contribution in [0.5, 0.6) is 0 Å². The van der Waals surface area contributed by atoms with Crippen molar-refractivity contribution in [1.82, 2.24) is 9.97 Å². The molecule has 0 unspecified atom stereocenters. The van der Waals surface area contributed by atoms with Gasteiger partial charge in [0, 0.05) is 11.6 Å². The Kier molecular flexibility index (Phi) is 1.49. The van der Waals surface area contributed by atoms with Crippen molar-refractivity contribution in [2.24, 2.45) is 0 Å². The second-order valence-electron chi connectivity index (χ2n) is 2.40. The van der Waals surface area contributed by atoms with Gasteiger partial charge in [0.1, 0.15) is 0 Å². The van der Waals surface area contributed by atoms with Gasteiger partial charge in [-0.05, 0) is 12.0 Å². The van der Waals surface area contributed by atoms with E-state index in [1.807, 2.05) is 24.3 Å². The Labute approximate surface area is 70.3 Å². The third kappa shape index (κ3) is 1.02. The smallest absolute Gasteiger partial charge is 0.205 e. The van der Waals surface area contributed by atoms with Crippen LogP contribution in [-0.4, -0.2) is 9.97 Å². The SMILES string of the molecule is C#Cc1ncc2ccccc2n1. The predicted molar refractivity (Wildman–Crippen MR) is 47.5 cm³/mol. The number of hydrogen-bond acceptors (Lipinski definition) is 2. The van der Waals surface area contributed by atoms with Gasteiger partial charge in [-0.2, -0.15) is 0 Å². The molecule has 0 amide bonds. The Bertz CT molecular complexity index is 455. The highest BCUT2D eigenvalue weighted by atomic mass is 14.9. The molecule has 2 nitrogen and oxygen atoms in total.